The predicted octanol–water partition coefficient (Wildman–Crippen LogP) is 2.84. The molecule has 28 heavy (non-hydrogen) atoms. The molecular formula is C20H29N7O. The third kappa shape index (κ3) is 4.16. The van der Waals surface area contributed by atoms with Crippen LogP contribution in [0.2, 0.25) is 0 Å². The van der Waals surface area contributed by atoms with Crippen molar-refractivity contribution < 1.29 is 4.74 Å². The lowest BCUT2D eigenvalue weighted by atomic mass is 9.92. The number of aromatic nitrogens is 3. The molecule has 0 fully saturated rings. The summed E-state index contributed by atoms with van der Waals surface area (Å²) in [5.41, 5.74) is 4.06. The quantitative estimate of drug-likeness (QED) is 0.573. The molecule has 2 heterocycles. The van der Waals surface area contributed by atoms with Crippen LogP contribution < -0.4 is 15.1 Å². The van der Waals surface area contributed by atoms with Crippen LogP contribution in [0.15, 0.2) is 41.2 Å². The van der Waals surface area contributed by atoms with Crippen molar-refractivity contribution in [2.24, 2.45) is 11.0 Å². The van der Waals surface area contributed by atoms with Crippen molar-refractivity contribution in [3.63, 3.8) is 0 Å². The molecule has 1 aliphatic carbocycles. The SMILES string of the molecule is COc1nc(N/N=C/C2=CN(C)C3C=CC=CC23)nc(N(C(C)C)C(C)C)n1. The van der Waals surface area contributed by atoms with Crippen LogP contribution in [0.1, 0.15) is 27.7 Å². The van der Waals surface area contributed by atoms with Gasteiger partial charge in [-0.1, -0.05) is 24.3 Å². The fourth-order valence-electron chi connectivity index (χ4n) is 3.64. The van der Waals surface area contributed by atoms with Gasteiger partial charge in [0, 0.05) is 31.2 Å². The molecule has 3 rings (SSSR count). The zero-order valence-corrected chi connectivity index (χ0v) is 17.4. The number of rotatable bonds is 7. The summed E-state index contributed by atoms with van der Waals surface area (Å²) >= 11 is 0. The molecule has 0 saturated carbocycles. The lowest BCUT2D eigenvalue weighted by molar-refractivity contribution is 0.377. The fraction of sp³-hybridized carbons (Fsp3) is 0.500. The van der Waals surface area contributed by atoms with Gasteiger partial charge in [-0.05, 0) is 33.3 Å². The number of nitrogens with zero attached hydrogens (tertiary/aromatic N) is 6. The normalized spacial score (nSPS) is 20.9. The first-order valence-corrected chi connectivity index (χ1v) is 9.56. The van der Waals surface area contributed by atoms with Crippen LogP contribution in [0.4, 0.5) is 11.9 Å². The highest BCUT2D eigenvalue weighted by molar-refractivity contribution is 5.81. The molecule has 0 radical (unpaired) electrons. The first-order valence-electron chi connectivity index (χ1n) is 9.56. The summed E-state index contributed by atoms with van der Waals surface area (Å²) in [6.07, 6.45) is 12.5. The topological polar surface area (TPSA) is 78.8 Å². The minimum Gasteiger partial charge on any atom is -0.467 e. The van der Waals surface area contributed by atoms with E-state index in [1.807, 2.05) is 6.21 Å². The number of anilines is 2. The second-order valence-corrected chi connectivity index (χ2v) is 7.49. The molecule has 2 aliphatic rings. The number of nitrogens with one attached hydrogen (secondary N) is 1. The highest BCUT2D eigenvalue weighted by Crippen LogP contribution is 2.30. The molecule has 0 amide bonds. The second kappa shape index (κ2) is 8.41. The summed E-state index contributed by atoms with van der Waals surface area (Å²) in [6.45, 7) is 8.42. The summed E-state index contributed by atoms with van der Waals surface area (Å²) in [5.74, 6) is 1.23. The maximum Gasteiger partial charge on any atom is 0.322 e. The number of likely N-dealkylation sites (N-methyl/N-ethyl adjacent to an activating group) is 1. The van der Waals surface area contributed by atoms with Gasteiger partial charge in [0.2, 0.25) is 5.95 Å². The number of methoxy groups -OCH3 is 1. The van der Waals surface area contributed by atoms with Crippen LogP contribution in [0, 0.1) is 5.92 Å². The van der Waals surface area contributed by atoms with Crippen molar-refractivity contribution in [2.75, 3.05) is 24.5 Å². The molecule has 1 aromatic rings. The van der Waals surface area contributed by atoms with Crippen LogP contribution in [-0.4, -0.2) is 58.3 Å². The first-order chi connectivity index (χ1) is 13.4. The van der Waals surface area contributed by atoms with Gasteiger partial charge in [-0.15, -0.1) is 0 Å². The van der Waals surface area contributed by atoms with E-state index in [4.69, 9.17) is 4.74 Å². The van der Waals surface area contributed by atoms with E-state index < -0.39 is 0 Å². The molecule has 0 saturated heterocycles. The van der Waals surface area contributed by atoms with Crippen LogP contribution in [0.25, 0.3) is 0 Å². The predicted molar refractivity (Wildman–Crippen MR) is 113 cm³/mol. The van der Waals surface area contributed by atoms with Gasteiger partial charge < -0.3 is 14.5 Å². The molecule has 150 valence electrons. The standard InChI is InChI=1S/C20H29N7O/c1-13(2)27(14(3)4)19-22-18(23-20(24-19)28-6)25-21-11-15-12-26(5)17-10-8-7-9-16(15)17/h7-14,16-17H,1-6H3,(H,22,23,24,25)/b21-11+. The summed E-state index contributed by atoms with van der Waals surface area (Å²) < 4.78 is 5.25. The van der Waals surface area contributed by atoms with Crippen molar-refractivity contribution in [3.8, 4) is 6.01 Å². The Morgan fingerprint density at radius 3 is 2.54 bits per heavy atom. The Bertz CT molecular complexity index is 805. The monoisotopic (exact) mass is 383 g/mol. The van der Waals surface area contributed by atoms with Crippen molar-refractivity contribution in [2.45, 2.75) is 45.8 Å². The van der Waals surface area contributed by atoms with E-state index in [-0.39, 0.29) is 18.1 Å². The molecule has 8 heteroatoms. The van der Waals surface area contributed by atoms with Crippen LogP contribution >= 0.6 is 0 Å². The second-order valence-electron chi connectivity index (χ2n) is 7.49. The molecule has 1 aliphatic heterocycles. The van der Waals surface area contributed by atoms with Crippen molar-refractivity contribution in [1.29, 1.82) is 0 Å². The smallest absolute Gasteiger partial charge is 0.322 e. The Kier molecular flexibility index (Phi) is 5.96. The average molecular weight is 384 g/mol. The van der Waals surface area contributed by atoms with E-state index in [0.717, 1.165) is 5.57 Å². The fourth-order valence-corrected chi connectivity index (χ4v) is 3.64. The Morgan fingerprint density at radius 2 is 1.86 bits per heavy atom. The van der Waals surface area contributed by atoms with Crippen molar-refractivity contribution >= 4 is 18.1 Å². The number of allylic oxidation sites excluding steroid dienone is 2. The number of hydrazone groups is 1. The Balaban J connectivity index is 1.78. The molecule has 8 nitrogen and oxygen atoms in total. The van der Waals surface area contributed by atoms with Crippen LogP contribution in [0.5, 0.6) is 6.01 Å². The number of fused-ring (bicyclic) bond motifs is 1. The Hall–Kier alpha value is -2.90. The molecule has 0 bridgehead atoms. The molecule has 2 atom stereocenters. The van der Waals surface area contributed by atoms with Crippen molar-refractivity contribution in [1.82, 2.24) is 19.9 Å². The number of hydrogen-bond acceptors (Lipinski definition) is 8. The molecule has 0 spiro atoms. The summed E-state index contributed by atoms with van der Waals surface area (Å²) in [4.78, 5) is 17.5. The average Bonchev–Trinajstić information content (AvgIpc) is 2.97. The summed E-state index contributed by atoms with van der Waals surface area (Å²) in [5, 5.41) is 4.36. The van der Waals surface area contributed by atoms with E-state index in [2.05, 4.69) is 101 Å². The van der Waals surface area contributed by atoms with Gasteiger partial charge in [-0.25, -0.2) is 5.43 Å². The van der Waals surface area contributed by atoms with Crippen molar-refractivity contribution in [3.05, 3.63) is 36.1 Å². The third-order valence-corrected chi connectivity index (χ3v) is 4.82. The van der Waals surface area contributed by atoms with E-state index in [0.29, 0.717) is 23.9 Å². The van der Waals surface area contributed by atoms with Gasteiger partial charge in [-0.3, -0.25) is 0 Å². The lowest BCUT2D eigenvalue weighted by Gasteiger charge is -2.30. The minimum atomic E-state index is 0.241. The number of ether oxygens (including phenoxy) is 1. The lowest BCUT2D eigenvalue weighted by Crippen LogP contribution is -2.38. The van der Waals surface area contributed by atoms with E-state index in [1.165, 1.54) is 0 Å². The minimum absolute atomic E-state index is 0.241. The third-order valence-electron chi connectivity index (χ3n) is 4.82. The van der Waals surface area contributed by atoms with E-state index >= 15 is 0 Å². The molecular weight excluding hydrogens is 354 g/mol. The number of hydrogen-bond donors (Lipinski definition) is 1. The highest BCUT2D eigenvalue weighted by atomic mass is 16.5. The van der Waals surface area contributed by atoms with Gasteiger partial charge in [0.15, 0.2) is 0 Å². The highest BCUT2D eigenvalue weighted by Gasteiger charge is 2.29. The van der Waals surface area contributed by atoms with Gasteiger partial charge in [0.05, 0.1) is 19.4 Å². The van der Waals surface area contributed by atoms with Gasteiger partial charge in [0.25, 0.3) is 5.95 Å². The maximum absolute atomic E-state index is 5.25. The van der Waals surface area contributed by atoms with E-state index in [1.54, 1.807) is 7.11 Å². The molecule has 1 N–H and O–H groups in total. The summed E-state index contributed by atoms with van der Waals surface area (Å²) in [6, 6.07) is 1.09. The summed E-state index contributed by atoms with van der Waals surface area (Å²) in [7, 11) is 3.62. The Morgan fingerprint density at radius 1 is 1.14 bits per heavy atom. The first kappa shape index (κ1) is 19.9. The zero-order valence-electron chi connectivity index (χ0n) is 17.4. The van der Waals surface area contributed by atoms with Gasteiger partial charge >= 0.3 is 6.01 Å². The van der Waals surface area contributed by atoms with Gasteiger partial charge in [-0.2, -0.15) is 20.1 Å². The maximum atomic E-state index is 5.25. The largest absolute Gasteiger partial charge is 0.467 e. The molecule has 0 aromatic carbocycles. The zero-order chi connectivity index (χ0) is 20.3. The molecule has 1 aromatic heterocycles. The van der Waals surface area contributed by atoms with Crippen LogP contribution in [0.3, 0.4) is 0 Å². The van der Waals surface area contributed by atoms with Crippen LogP contribution in [-0.2, 0) is 0 Å². The van der Waals surface area contributed by atoms with E-state index in [9.17, 15) is 0 Å². The molecule has 2 unspecified atom stereocenters. The Labute approximate surface area is 166 Å². The van der Waals surface area contributed by atoms with Gasteiger partial charge in [0.1, 0.15) is 0 Å².